The van der Waals surface area contributed by atoms with Gasteiger partial charge in [0, 0.05) is 10.4 Å². The Morgan fingerprint density at radius 1 is 1.38 bits per heavy atom. The minimum absolute atomic E-state index is 0.232. The molecule has 0 unspecified atom stereocenters. The molecule has 2 aromatic rings. The SMILES string of the molecule is Cc1cc(C(=O)O)sc1-c1ccccc1F. The Morgan fingerprint density at radius 2 is 2.06 bits per heavy atom. The molecule has 2 rings (SSSR count). The Morgan fingerprint density at radius 3 is 2.62 bits per heavy atom. The molecule has 4 heteroatoms. The average Bonchev–Trinajstić information content (AvgIpc) is 2.61. The first-order valence-corrected chi connectivity index (χ1v) is 5.50. The van der Waals surface area contributed by atoms with Gasteiger partial charge in [0.2, 0.25) is 0 Å². The summed E-state index contributed by atoms with van der Waals surface area (Å²) in [6, 6.07) is 7.93. The van der Waals surface area contributed by atoms with Crippen LogP contribution in [0.5, 0.6) is 0 Å². The van der Waals surface area contributed by atoms with Gasteiger partial charge in [0.1, 0.15) is 10.7 Å². The van der Waals surface area contributed by atoms with Crippen molar-refractivity contribution in [1.82, 2.24) is 0 Å². The zero-order valence-electron chi connectivity index (χ0n) is 8.53. The van der Waals surface area contributed by atoms with Crippen molar-refractivity contribution in [2.24, 2.45) is 0 Å². The van der Waals surface area contributed by atoms with Gasteiger partial charge in [-0.2, -0.15) is 0 Å². The number of halogens is 1. The molecule has 0 saturated carbocycles. The molecular weight excluding hydrogens is 227 g/mol. The summed E-state index contributed by atoms with van der Waals surface area (Å²) >= 11 is 1.10. The maximum absolute atomic E-state index is 13.5. The van der Waals surface area contributed by atoms with Crippen molar-refractivity contribution in [2.45, 2.75) is 6.92 Å². The molecule has 16 heavy (non-hydrogen) atoms. The van der Waals surface area contributed by atoms with Gasteiger partial charge in [-0.15, -0.1) is 11.3 Å². The standard InChI is InChI=1S/C12H9FO2S/c1-7-6-10(12(14)15)16-11(7)8-4-2-3-5-9(8)13/h2-6H,1H3,(H,14,15). The van der Waals surface area contributed by atoms with Crippen LogP contribution in [0.1, 0.15) is 15.2 Å². The van der Waals surface area contributed by atoms with Crippen LogP contribution < -0.4 is 0 Å². The van der Waals surface area contributed by atoms with E-state index in [0.29, 0.717) is 10.4 Å². The Kier molecular flexibility index (Phi) is 2.75. The van der Waals surface area contributed by atoms with Gasteiger partial charge in [0.05, 0.1) is 0 Å². The van der Waals surface area contributed by atoms with E-state index >= 15 is 0 Å². The maximum atomic E-state index is 13.5. The number of carbonyl (C=O) groups is 1. The van der Waals surface area contributed by atoms with E-state index < -0.39 is 5.97 Å². The Balaban J connectivity index is 2.57. The Labute approximate surface area is 96.0 Å². The fourth-order valence-corrected chi connectivity index (χ4v) is 2.54. The third-order valence-electron chi connectivity index (χ3n) is 2.25. The topological polar surface area (TPSA) is 37.3 Å². The zero-order chi connectivity index (χ0) is 11.7. The summed E-state index contributed by atoms with van der Waals surface area (Å²) in [5, 5.41) is 8.86. The largest absolute Gasteiger partial charge is 0.477 e. The van der Waals surface area contributed by atoms with Crippen LogP contribution in [0.4, 0.5) is 4.39 Å². The number of rotatable bonds is 2. The smallest absolute Gasteiger partial charge is 0.345 e. The molecule has 1 aromatic heterocycles. The summed E-state index contributed by atoms with van der Waals surface area (Å²) in [4.78, 5) is 11.7. The Bertz CT molecular complexity index is 546. The van der Waals surface area contributed by atoms with Crippen LogP contribution in [0.25, 0.3) is 10.4 Å². The number of hydrogen-bond acceptors (Lipinski definition) is 2. The highest BCUT2D eigenvalue weighted by Gasteiger charge is 2.14. The lowest BCUT2D eigenvalue weighted by molar-refractivity contribution is 0.0702. The molecule has 2 nitrogen and oxygen atoms in total. The van der Waals surface area contributed by atoms with E-state index in [4.69, 9.17) is 5.11 Å². The molecule has 0 aliphatic rings. The lowest BCUT2D eigenvalue weighted by Crippen LogP contribution is -1.89. The highest BCUT2D eigenvalue weighted by atomic mass is 32.1. The summed E-state index contributed by atoms with van der Waals surface area (Å²) in [6.07, 6.45) is 0. The molecule has 1 heterocycles. The molecular formula is C12H9FO2S. The number of hydrogen-bond donors (Lipinski definition) is 1. The van der Waals surface area contributed by atoms with Gasteiger partial charge in [-0.1, -0.05) is 18.2 Å². The number of aromatic carboxylic acids is 1. The van der Waals surface area contributed by atoms with Crippen LogP contribution in [0.15, 0.2) is 30.3 Å². The predicted octanol–water partition coefficient (Wildman–Crippen LogP) is 3.56. The number of carboxylic acids is 1. The summed E-state index contributed by atoms with van der Waals surface area (Å²) < 4.78 is 13.5. The molecule has 0 saturated heterocycles. The van der Waals surface area contributed by atoms with Crippen LogP contribution in [0, 0.1) is 12.7 Å². The molecule has 1 N–H and O–H groups in total. The van der Waals surface area contributed by atoms with Crippen LogP contribution in [-0.4, -0.2) is 11.1 Å². The van der Waals surface area contributed by atoms with Crippen molar-refractivity contribution >= 4 is 17.3 Å². The number of benzene rings is 1. The predicted molar refractivity (Wildman–Crippen MR) is 61.4 cm³/mol. The summed E-state index contributed by atoms with van der Waals surface area (Å²) in [5.41, 5.74) is 1.24. The normalized spacial score (nSPS) is 10.4. The molecule has 0 aliphatic heterocycles. The van der Waals surface area contributed by atoms with Crippen molar-refractivity contribution < 1.29 is 14.3 Å². The second-order valence-corrected chi connectivity index (χ2v) is 4.46. The molecule has 0 fully saturated rings. The average molecular weight is 236 g/mol. The van der Waals surface area contributed by atoms with Crippen LogP contribution >= 0.6 is 11.3 Å². The van der Waals surface area contributed by atoms with Gasteiger partial charge in [-0.3, -0.25) is 0 Å². The van der Waals surface area contributed by atoms with Crippen molar-refractivity contribution in [2.75, 3.05) is 0 Å². The number of thiophene rings is 1. The van der Waals surface area contributed by atoms with Crippen LogP contribution in [0.3, 0.4) is 0 Å². The highest BCUT2D eigenvalue weighted by Crippen LogP contribution is 2.33. The van der Waals surface area contributed by atoms with Gasteiger partial charge < -0.3 is 5.11 Å². The van der Waals surface area contributed by atoms with E-state index in [2.05, 4.69) is 0 Å². The minimum Gasteiger partial charge on any atom is -0.477 e. The number of carboxylic acid groups (broad SMARTS) is 1. The first kappa shape index (κ1) is 10.8. The third-order valence-corrected chi connectivity index (χ3v) is 3.51. The molecule has 1 aromatic carbocycles. The maximum Gasteiger partial charge on any atom is 0.345 e. The zero-order valence-corrected chi connectivity index (χ0v) is 9.34. The van der Waals surface area contributed by atoms with Gasteiger partial charge >= 0.3 is 5.97 Å². The van der Waals surface area contributed by atoms with E-state index in [1.165, 1.54) is 6.07 Å². The molecule has 0 radical (unpaired) electrons. The summed E-state index contributed by atoms with van der Waals surface area (Å²) in [7, 11) is 0. The van der Waals surface area contributed by atoms with Crippen molar-refractivity contribution in [3.8, 4) is 10.4 Å². The monoisotopic (exact) mass is 236 g/mol. The lowest BCUT2D eigenvalue weighted by Gasteiger charge is -2.00. The van der Waals surface area contributed by atoms with Gasteiger partial charge in [-0.05, 0) is 24.6 Å². The van der Waals surface area contributed by atoms with E-state index in [1.807, 2.05) is 0 Å². The van der Waals surface area contributed by atoms with E-state index in [0.717, 1.165) is 16.9 Å². The van der Waals surface area contributed by atoms with Crippen molar-refractivity contribution in [1.29, 1.82) is 0 Å². The third kappa shape index (κ3) is 1.84. The van der Waals surface area contributed by atoms with Gasteiger partial charge in [0.25, 0.3) is 0 Å². The highest BCUT2D eigenvalue weighted by molar-refractivity contribution is 7.17. The van der Waals surface area contributed by atoms with E-state index in [-0.39, 0.29) is 10.7 Å². The molecule has 0 spiro atoms. The second kappa shape index (κ2) is 4.06. The molecule has 82 valence electrons. The van der Waals surface area contributed by atoms with Gasteiger partial charge in [0.15, 0.2) is 0 Å². The minimum atomic E-state index is -0.976. The summed E-state index contributed by atoms with van der Waals surface area (Å²) in [5.74, 6) is -1.31. The van der Waals surface area contributed by atoms with Crippen LogP contribution in [-0.2, 0) is 0 Å². The molecule has 0 aliphatic carbocycles. The molecule has 0 amide bonds. The fourth-order valence-electron chi connectivity index (χ4n) is 1.50. The second-order valence-electron chi connectivity index (χ2n) is 3.41. The fraction of sp³-hybridized carbons (Fsp3) is 0.0833. The van der Waals surface area contributed by atoms with Crippen LogP contribution in [0.2, 0.25) is 0 Å². The molecule has 0 atom stereocenters. The van der Waals surface area contributed by atoms with E-state index in [1.54, 1.807) is 31.2 Å². The quantitative estimate of drug-likeness (QED) is 0.865. The number of aryl methyl sites for hydroxylation is 1. The Hall–Kier alpha value is -1.68. The molecule has 0 bridgehead atoms. The van der Waals surface area contributed by atoms with Crippen molar-refractivity contribution in [3.05, 3.63) is 46.6 Å². The summed E-state index contributed by atoms with van der Waals surface area (Å²) in [6.45, 7) is 1.78. The lowest BCUT2D eigenvalue weighted by atomic mass is 10.1. The first-order valence-electron chi connectivity index (χ1n) is 4.68. The first-order chi connectivity index (χ1) is 7.59. The van der Waals surface area contributed by atoms with Crippen molar-refractivity contribution in [3.63, 3.8) is 0 Å². The van der Waals surface area contributed by atoms with Gasteiger partial charge in [-0.25, -0.2) is 9.18 Å². The van der Waals surface area contributed by atoms with E-state index in [9.17, 15) is 9.18 Å².